The zero-order chi connectivity index (χ0) is 19.4. The van der Waals surface area contributed by atoms with E-state index in [9.17, 15) is 23.3 Å². The summed E-state index contributed by atoms with van der Waals surface area (Å²) in [6, 6.07) is 11.9. The van der Waals surface area contributed by atoms with Crippen molar-refractivity contribution in [2.24, 2.45) is 0 Å². The van der Waals surface area contributed by atoms with Gasteiger partial charge in [-0.2, -0.15) is 0 Å². The van der Waals surface area contributed by atoms with Gasteiger partial charge in [-0.1, -0.05) is 18.2 Å². The summed E-state index contributed by atoms with van der Waals surface area (Å²) in [5.74, 6) is -0.568. The number of hydrogen-bond acceptors (Lipinski definition) is 7. The fourth-order valence-corrected chi connectivity index (χ4v) is 6.44. The molecule has 1 atom stereocenters. The molecule has 2 aromatic heterocycles. The van der Waals surface area contributed by atoms with Crippen LogP contribution in [0.5, 0.6) is 0 Å². The minimum atomic E-state index is -3.67. The Balaban J connectivity index is 1.83. The Bertz CT molecular complexity index is 1040. The number of nitro groups is 1. The first-order valence-electron chi connectivity index (χ1n) is 7.73. The molecule has 3 rings (SSSR count). The minimum absolute atomic E-state index is 0.0997. The topological polar surface area (TPSA) is 106 Å². The van der Waals surface area contributed by atoms with Gasteiger partial charge in [0.05, 0.1) is 4.92 Å². The predicted molar refractivity (Wildman–Crippen MR) is 104 cm³/mol. The molecular weight excluding hydrogens is 408 g/mol. The zero-order valence-electron chi connectivity index (χ0n) is 13.8. The monoisotopic (exact) mass is 422 g/mol. The fourth-order valence-electron chi connectivity index (χ4n) is 2.45. The molecule has 0 saturated heterocycles. The second-order valence-electron chi connectivity index (χ2n) is 5.50. The van der Waals surface area contributed by atoms with E-state index in [1.807, 2.05) is 0 Å². The Labute approximate surface area is 163 Å². The summed E-state index contributed by atoms with van der Waals surface area (Å²) < 4.78 is 26.1. The Morgan fingerprint density at radius 1 is 1.11 bits per heavy atom. The maximum Gasteiger partial charge on any atom is 0.270 e. The second-order valence-corrected chi connectivity index (χ2v) is 9.78. The van der Waals surface area contributed by atoms with Gasteiger partial charge in [0.2, 0.25) is 0 Å². The first kappa shape index (κ1) is 19.2. The van der Waals surface area contributed by atoms with Gasteiger partial charge in [-0.05, 0) is 29.0 Å². The van der Waals surface area contributed by atoms with Crippen molar-refractivity contribution in [3.63, 3.8) is 0 Å². The van der Waals surface area contributed by atoms with Gasteiger partial charge in [0.15, 0.2) is 9.84 Å². The molecular formula is C17H14N2O5S3. The van der Waals surface area contributed by atoms with E-state index in [0.717, 1.165) is 17.4 Å². The summed E-state index contributed by atoms with van der Waals surface area (Å²) >= 11 is 2.41. The molecule has 0 bridgehead atoms. The Kier molecular flexibility index (Phi) is 5.68. The van der Waals surface area contributed by atoms with E-state index in [1.165, 1.54) is 35.6 Å². The molecule has 27 heavy (non-hydrogen) atoms. The summed E-state index contributed by atoms with van der Waals surface area (Å²) in [6.45, 7) is -0.137. The summed E-state index contributed by atoms with van der Waals surface area (Å²) in [5.41, 5.74) is -0.105. The minimum Gasteiger partial charge on any atom is -0.350 e. The molecule has 2 heterocycles. The van der Waals surface area contributed by atoms with E-state index in [0.29, 0.717) is 4.88 Å². The molecule has 10 heteroatoms. The normalized spacial score (nSPS) is 12.4. The Morgan fingerprint density at radius 2 is 1.85 bits per heavy atom. The number of rotatable bonds is 7. The third-order valence-electron chi connectivity index (χ3n) is 3.78. The highest BCUT2D eigenvalue weighted by Gasteiger charge is 2.31. The van der Waals surface area contributed by atoms with Crippen molar-refractivity contribution in [3.05, 3.63) is 79.8 Å². The summed E-state index contributed by atoms with van der Waals surface area (Å²) in [4.78, 5) is 23.3. The summed E-state index contributed by atoms with van der Waals surface area (Å²) in [6.07, 6.45) is 0. The molecule has 0 spiro atoms. The molecule has 7 nitrogen and oxygen atoms in total. The highest BCUT2D eigenvalue weighted by Crippen LogP contribution is 2.33. The van der Waals surface area contributed by atoms with Crippen LogP contribution in [0.3, 0.4) is 0 Å². The third-order valence-corrected chi connectivity index (χ3v) is 8.43. The van der Waals surface area contributed by atoms with Crippen LogP contribution in [0.25, 0.3) is 0 Å². The van der Waals surface area contributed by atoms with E-state index in [2.05, 4.69) is 5.32 Å². The van der Waals surface area contributed by atoms with Crippen molar-refractivity contribution >= 4 is 44.1 Å². The third kappa shape index (κ3) is 4.24. The Morgan fingerprint density at radius 3 is 2.48 bits per heavy atom. The SMILES string of the molecule is O=C(NC[C@H](c1cccs1)S(=O)(=O)c1cccs1)c1cccc([N+](=O)[O-])c1. The maximum absolute atomic E-state index is 13.0. The smallest absolute Gasteiger partial charge is 0.270 e. The highest BCUT2D eigenvalue weighted by molar-refractivity contribution is 7.93. The Hall–Kier alpha value is -2.56. The van der Waals surface area contributed by atoms with Gasteiger partial charge in [-0.3, -0.25) is 14.9 Å². The first-order chi connectivity index (χ1) is 12.9. The summed E-state index contributed by atoms with van der Waals surface area (Å²) in [7, 11) is -3.67. The van der Waals surface area contributed by atoms with E-state index >= 15 is 0 Å². The molecule has 1 N–H and O–H groups in total. The van der Waals surface area contributed by atoms with Crippen molar-refractivity contribution < 1.29 is 18.1 Å². The van der Waals surface area contributed by atoms with Crippen LogP contribution in [0.15, 0.2) is 63.5 Å². The van der Waals surface area contributed by atoms with Crippen LogP contribution in [0, 0.1) is 10.1 Å². The number of amides is 1. The number of nitrogens with zero attached hydrogens (tertiary/aromatic N) is 1. The quantitative estimate of drug-likeness (QED) is 0.462. The van der Waals surface area contributed by atoms with Crippen LogP contribution in [-0.4, -0.2) is 25.8 Å². The number of hydrogen-bond donors (Lipinski definition) is 1. The first-order valence-corrected chi connectivity index (χ1v) is 11.0. The standard InChI is InChI=1S/C17H14N2O5S3/c20-17(12-4-1-5-13(10-12)19(21)22)18-11-15(14-6-2-8-25-14)27(23,24)16-7-3-9-26-16/h1-10,15H,11H2,(H,18,20)/t15-/m1/s1. The lowest BCUT2D eigenvalue weighted by Crippen LogP contribution is -2.31. The van der Waals surface area contributed by atoms with Gasteiger partial charge in [0.25, 0.3) is 11.6 Å². The molecule has 0 saturated carbocycles. The maximum atomic E-state index is 13.0. The largest absolute Gasteiger partial charge is 0.350 e. The molecule has 0 unspecified atom stereocenters. The predicted octanol–water partition coefficient (Wildman–Crippen LogP) is 3.66. The number of carbonyl (C=O) groups excluding carboxylic acids is 1. The average molecular weight is 423 g/mol. The van der Waals surface area contributed by atoms with Crippen LogP contribution in [0.1, 0.15) is 20.5 Å². The molecule has 0 aliphatic rings. The van der Waals surface area contributed by atoms with Gasteiger partial charge >= 0.3 is 0 Å². The highest BCUT2D eigenvalue weighted by atomic mass is 32.2. The number of nitro benzene ring substituents is 1. The second kappa shape index (κ2) is 7.99. The molecule has 1 aromatic carbocycles. The molecule has 0 aliphatic carbocycles. The molecule has 0 fully saturated rings. The molecule has 0 aliphatic heterocycles. The number of non-ortho nitro benzene ring substituents is 1. The molecule has 140 valence electrons. The molecule has 3 aromatic rings. The van der Waals surface area contributed by atoms with Crippen molar-refractivity contribution in [3.8, 4) is 0 Å². The van der Waals surface area contributed by atoms with Crippen LogP contribution >= 0.6 is 22.7 Å². The van der Waals surface area contributed by atoms with Crippen molar-refractivity contribution in [2.75, 3.05) is 6.54 Å². The van der Waals surface area contributed by atoms with Crippen LogP contribution in [0.2, 0.25) is 0 Å². The molecule has 1 amide bonds. The van der Waals surface area contributed by atoms with Crippen LogP contribution in [0.4, 0.5) is 5.69 Å². The van der Waals surface area contributed by atoms with E-state index in [4.69, 9.17) is 0 Å². The van der Waals surface area contributed by atoms with Gasteiger partial charge < -0.3 is 5.32 Å². The fraction of sp³-hybridized carbons (Fsp3) is 0.118. The van der Waals surface area contributed by atoms with Gasteiger partial charge in [0.1, 0.15) is 9.46 Å². The van der Waals surface area contributed by atoms with Crippen molar-refractivity contribution in [1.29, 1.82) is 0 Å². The number of thiophene rings is 2. The lowest BCUT2D eigenvalue weighted by atomic mass is 10.2. The zero-order valence-corrected chi connectivity index (χ0v) is 16.2. The van der Waals surface area contributed by atoms with E-state index in [-0.39, 0.29) is 22.0 Å². The van der Waals surface area contributed by atoms with E-state index in [1.54, 1.807) is 29.0 Å². The number of sulfone groups is 1. The lowest BCUT2D eigenvalue weighted by molar-refractivity contribution is -0.384. The number of nitrogens with one attached hydrogen (secondary N) is 1. The van der Waals surface area contributed by atoms with Crippen LogP contribution in [-0.2, 0) is 9.84 Å². The van der Waals surface area contributed by atoms with Gasteiger partial charge in [-0.15, -0.1) is 22.7 Å². The average Bonchev–Trinajstić information content (AvgIpc) is 3.36. The van der Waals surface area contributed by atoms with Crippen LogP contribution < -0.4 is 5.32 Å². The number of carbonyl (C=O) groups is 1. The van der Waals surface area contributed by atoms with Gasteiger partial charge in [-0.25, -0.2) is 8.42 Å². The van der Waals surface area contributed by atoms with Crippen molar-refractivity contribution in [1.82, 2.24) is 5.32 Å². The lowest BCUT2D eigenvalue weighted by Gasteiger charge is -2.16. The summed E-state index contributed by atoms with van der Waals surface area (Å²) in [5, 5.41) is 16.0. The molecule has 0 radical (unpaired) electrons. The number of benzene rings is 1. The van der Waals surface area contributed by atoms with Gasteiger partial charge in [0, 0.05) is 29.1 Å². The van der Waals surface area contributed by atoms with Crippen molar-refractivity contribution in [2.45, 2.75) is 9.46 Å². The van der Waals surface area contributed by atoms with E-state index < -0.39 is 25.9 Å².